The molecule has 0 aliphatic carbocycles. The van der Waals surface area contributed by atoms with Crippen molar-refractivity contribution in [1.82, 2.24) is 4.90 Å². The molecule has 2 aromatic carbocycles. The van der Waals surface area contributed by atoms with Crippen molar-refractivity contribution in [3.63, 3.8) is 0 Å². The first-order chi connectivity index (χ1) is 24.3. The summed E-state index contributed by atoms with van der Waals surface area (Å²) < 4.78 is 202. The first-order valence-electron chi connectivity index (χ1n) is 20.3. The van der Waals surface area contributed by atoms with Gasteiger partial charge in [0.15, 0.2) is 23.0 Å². The monoisotopic (exact) mass is 476 g/mol. The van der Waals surface area contributed by atoms with Gasteiger partial charge >= 0.3 is 0 Å². The Hall–Kier alpha value is -2.91. The molecule has 2 rings (SSSR count). The molecular weight excluding hydrogens is 416 g/mol. The zero-order chi connectivity index (χ0) is 43.4. The van der Waals surface area contributed by atoms with Gasteiger partial charge in [-0.05, 0) is 74.0 Å². The van der Waals surface area contributed by atoms with E-state index in [-0.39, 0.29) is 16.4 Å². The van der Waals surface area contributed by atoms with Crippen LogP contribution in [0, 0.1) is 17.2 Å². The maximum atomic E-state index is 10.8. The Balaban J connectivity index is 3.10. The lowest BCUT2D eigenvalue weighted by molar-refractivity contribution is 0.292. The van der Waals surface area contributed by atoms with E-state index in [9.17, 15) is 5.26 Å². The fourth-order valence-electron chi connectivity index (χ4n) is 2.69. The number of benzene rings is 2. The molecule has 6 nitrogen and oxygen atoms in total. The van der Waals surface area contributed by atoms with Crippen LogP contribution in [-0.2, 0) is 11.8 Å². The van der Waals surface area contributed by atoms with Gasteiger partial charge in [-0.2, -0.15) is 5.26 Å². The van der Waals surface area contributed by atoms with E-state index in [1.54, 1.807) is 0 Å². The van der Waals surface area contributed by atoms with Crippen LogP contribution in [0.5, 0.6) is 23.0 Å². The van der Waals surface area contributed by atoms with Gasteiger partial charge in [-0.1, -0.05) is 25.8 Å². The fraction of sp³-hybridized carbons (Fsp3) is 0.519. The molecule has 1 atom stereocenters. The molecule has 180 valence electrons. The number of hydrogen-bond acceptors (Lipinski definition) is 6. The highest BCUT2D eigenvalue weighted by atomic mass is 16.5. The predicted molar refractivity (Wildman–Crippen MR) is 132 cm³/mol. The normalized spacial score (nSPS) is 26.4. The minimum Gasteiger partial charge on any atom is -0.493 e. The first-order valence-corrected chi connectivity index (χ1v) is 9.25. The van der Waals surface area contributed by atoms with Crippen molar-refractivity contribution in [3.8, 4) is 29.1 Å². The van der Waals surface area contributed by atoms with Crippen molar-refractivity contribution in [2.24, 2.45) is 5.92 Å². The first kappa shape index (κ1) is 9.03. The molecule has 0 aliphatic rings. The summed E-state index contributed by atoms with van der Waals surface area (Å²) in [4.78, 5) is -0.188. The molecular formula is C27H38N2O4. The molecule has 0 aliphatic heterocycles. The molecule has 0 radical (unpaired) electrons. The fourth-order valence-corrected chi connectivity index (χ4v) is 2.69. The van der Waals surface area contributed by atoms with Crippen molar-refractivity contribution in [2.75, 3.05) is 48.3 Å². The maximum absolute atomic E-state index is 10.8. The molecule has 0 saturated heterocycles. The molecule has 0 amide bonds. The van der Waals surface area contributed by atoms with Gasteiger partial charge in [0.1, 0.15) is 0 Å². The SMILES string of the molecule is [2H]C([2H])([2H])Oc1ccc(C(C#N)(C(C([2H])([2H])[2H])C([2H])([2H])[2H])C([2H])([2H])C([2H])([2H])C([2H])([2H])N(C)C([2H])([2H])C([2H])([2H])c2ccc(OC)c(OC)c2)cc1OC([2H])([2H])[2H]. The average molecular weight is 477 g/mol. The highest BCUT2D eigenvalue weighted by molar-refractivity contribution is 5.47. The van der Waals surface area contributed by atoms with Crippen molar-refractivity contribution in [1.29, 1.82) is 5.26 Å². The summed E-state index contributed by atoms with van der Waals surface area (Å²) in [5, 5.41) is 10.8. The Kier molecular flexibility index (Phi) is 3.38. The molecule has 2 aromatic rings. The minimum absolute atomic E-state index is 0.0895. The number of hydrogen-bond donors (Lipinski definition) is 0. The highest BCUT2D eigenvalue weighted by Crippen LogP contribution is 2.40. The number of nitriles is 1. The summed E-state index contributed by atoms with van der Waals surface area (Å²) in [5.41, 5.74) is -5.60. The molecule has 0 aromatic heterocycles. The van der Waals surface area contributed by atoms with Crippen LogP contribution < -0.4 is 18.9 Å². The zero-order valence-electron chi connectivity index (χ0n) is 40.1. The summed E-state index contributed by atoms with van der Waals surface area (Å²) in [6.07, 6.45) is -12.2. The number of aryl methyl sites for hydroxylation is 1. The third-order valence-electron chi connectivity index (χ3n) is 4.46. The Labute approximate surface area is 229 Å². The molecule has 33 heavy (non-hydrogen) atoms. The second kappa shape index (κ2) is 12.4. The second-order valence-electron chi connectivity index (χ2n) is 6.45. The summed E-state index contributed by atoms with van der Waals surface area (Å²) in [6.45, 7) is -15.7. The van der Waals surface area contributed by atoms with Gasteiger partial charge in [-0.3, -0.25) is 0 Å². The van der Waals surface area contributed by atoms with Gasteiger partial charge in [0, 0.05) is 28.4 Å². The predicted octanol–water partition coefficient (Wildman–Crippen LogP) is 5.09. The molecule has 0 bridgehead atoms. The number of methoxy groups -OCH3 is 4. The van der Waals surface area contributed by atoms with Crippen LogP contribution in [0.25, 0.3) is 0 Å². The van der Waals surface area contributed by atoms with Crippen LogP contribution in [0.15, 0.2) is 36.4 Å². The standard InChI is InChI=1S/C27H38N2O4/c1-20(2)27(19-28,22-10-12-24(31-5)26(18-22)33-7)14-8-15-29(3)16-13-21-9-11-23(30-4)25(17-21)32-6/h9-12,17-18,20H,8,13-16H2,1-7H3/i1D3,2D3,5D3,7D3,8D2,13D2,14D2,15D2,16D2. The molecule has 6 heteroatoms. The Morgan fingerprint density at radius 3 is 2.30 bits per heavy atom. The minimum atomic E-state index is -4.43. The van der Waals surface area contributed by atoms with Gasteiger partial charge in [0.25, 0.3) is 0 Å². The van der Waals surface area contributed by atoms with Gasteiger partial charge in [-0.15, -0.1) is 0 Å². The maximum Gasteiger partial charge on any atom is 0.161 e. The van der Waals surface area contributed by atoms with E-state index < -0.39 is 93.9 Å². The molecule has 0 fully saturated rings. The van der Waals surface area contributed by atoms with Gasteiger partial charge in [0.05, 0.1) is 48.0 Å². The second-order valence-corrected chi connectivity index (χ2v) is 6.45. The summed E-state index contributed by atoms with van der Waals surface area (Å²) >= 11 is 0. The lowest BCUT2D eigenvalue weighted by Crippen LogP contribution is -2.32. The molecule has 0 heterocycles. The molecule has 0 N–H and O–H groups in total. The summed E-state index contributed by atoms with van der Waals surface area (Å²) in [5.74, 6) is -5.32. The van der Waals surface area contributed by atoms with Gasteiger partial charge < -0.3 is 23.8 Å². The Morgan fingerprint density at radius 1 is 0.970 bits per heavy atom. The molecule has 0 saturated carbocycles. The van der Waals surface area contributed by atoms with Crippen molar-refractivity contribution >= 4 is 0 Å². The highest BCUT2D eigenvalue weighted by Gasteiger charge is 2.36. The van der Waals surface area contributed by atoms with E-state index in [4.69, 9.17) is 49.1 Å². The van der Waals surface area contributed by atoms with Crippen LogP contribution >= 0.6 is 0 Å². The third kappa shape index (κ3) is 6.33. The lowest BCUT2D eigenvalue weighted by Gasteiger charge is -2.32. The van der Waals surface area contributed by atoms with E-state index >= 15 is 0 Å². The smallest absolute Gasteiger partial charge is 0.161 e. The van der Waals surface area contributed by atoms with Crippen LogP contribution in [0.1, 0.15) is 67.7 Å². The van der Waals surface area contributed by atoms with Crippen molar-refractivity contribution < 1.29 is 49.1 Å². The van der Waals surface area contributed by atoms with Crippen LogP contribution in [0.2, 0.25) is 0 Å². The van der Waals surface area contributed by atoms with Crippen LogP contribution in [-0.4, -0.2) is 53.2 Å². The topological polar surface area (TPSA) is 64.0 Å². The number of likely N-dealkylation sites (N-methyl/N-ethyl adjacent to an activating group) is 1. The third-order valence-corrected chi connectivity index (χ3v) is 4.46. The van der Waals surface area contributed by atoms with E-state index in [0.717, 1.165) is 12.1 Å². The van der Waals surface area contributed by atoms with Crippen LogP contribution in [0.4, 0.5) is 0 Å². The number of nitrogens with zero attached hydrogens (tertiary/aromatic N) is 2. The molecule has 0 spiro atoms. The number of rotatable bonds is 13. The van der Waals surface area contributed by atoms with E-state index in [1.165, 1.54) is 26.4 Å². The zero-order valence-corrected chi connectivity index (χ0v) is 18.1. The van der Waals surface area contributed by atoms with E-state index in [0.29, 0.717) is 25.2 Å². The summed E-state index contributed by atoms with van der Waals surface area (Å²) in [6, 6.07) is 5.92. The van der Waals surface area contributed by atoms with Gasteiger partial charge in [-0.25, -0.2) is 0 Å². The number of ether oxygens (including phenoxy) is 4. The average Bonchev–Trinajstić information content (AvgIpc) is 3.00. The van der Waals surface area contributed by atoms with Gasteiger partial charge in [0.2, 0.25) is 0 Å². The molecule has 1 unspecified atom stereocenters. The van der Waals surface area contributed by atoms with E-state index in [2.05, 4.69) is 0 Å². The van der Waals surface area contributed by atoms with Crippen molar-refractivity contribution in [3.05, 3.63) is 47.5 Å². The van der Waals surface area contributed by atoms with E-state index in [1.807, 2.05) is 0 Å². The van der Waals surface area contributed by atoms with Crippen molar-refractivity contribution in [2.45, 2.75) is 38.2 Å². The Morgan fingerprint density at radius 2 is 1.64 bits per heavy atom. The summed E-state index contributed by atoms with van der Waals surface area (Å²) in [7, 11) is -3.77. The van der Waals surface area contributed by atoms with Crippen LogP contribution in [0.3, 0.4) is 0 Å². The largest absolute Gasteiger partial charge is 0.493 e. The quantitative estimate of drug-likeness (QED) is 0.401. The lowest BCUT2D eigenvalue weighted by atomic mass is 9.69. The Bertz CT molecular complexity index is 1710.